The van der Waals surface area contributed by atoms with Gasteiger partial charge >= 0.3 is 5.97 Å². The number of ether oxygens (including phenoxy) is 2. The van der Waals surface area contributed by atoms with Gasteiger partial charge in [0.15, 0.2) is 11.6 Å². The van der Waals surface area contributed by atoms with Gasteiger partial charge in [-0.2, -0.15) is 0 Å². The van der Waals surface area contributed by atoms with Crippen molar-refractivity contribution >= 4 is 29.0 Å². The molecule has 0 amide bonds. The Kier molecular flexibility index (Phi) is 61.3. The number of ketones is 3. The second-order valence-corrected chi connectivity index (χ2v) is 20.9. The predicted octanol–water partition coefficient (Wildman–Crippen LogP) is 18.0. The summed E-state index contributed by atoms with van der Waals surface area (Å²) in [6, 6.07) is 0.555. The summed E-state index contributed by atoms with van der Waals surface area (Å²) in [6.07, 6.45) is 51.0. The first-order chi connectivity index (χ1) is 35.4. The number of nitrogens with two attached hydrogens (primary N) is 1. The van der Waals surface area contributed by atoms with E-state index in [2.05, 4.69) is 50.7 Å². The van der Waals surface area contributed by atoms with E-state index < -0.39 is 0 Å². The number of Topliss-reactive ketones (excluding diaryl/α,β-unsaturated/α-hetero) is 2. The molecule has 1 aliphatic heterocycles. The van der Waals surface area contributed by atoms with E-state index in [9.17, 15) is 19.2 Å². The largest absolute Gasteiger partial charge is 0.462 e. The van der Waals surface area contributed by atoms with Gasteiger partial charge in [-0.25, -0.2) is 0 Å². The summed E-state index contributed by atoms with van der Waals surface area (Å²) in [4.78, 5) is 51.2. The molecule has 0 aromatic carbocycles. The van der Waals surface area contributed by atoms with Crippen LogP contribution < -0.4 is 5.73 Å². The van der Waals surface area contributed by atoms with Crippen molar-refractivity contribution < 1.29 is 30.1 Å². The van der Waals surface area contributed by atoms with Crippen molar-refractivity contribution in [3.05, 3.63) is 37.6 Å². The molecule has 1 fully saturated rings. The Hall–Kier alpha value is -2.75. The number of hydrogen-bond acceptors (Lipinski definition) is 9. The number of aliphatic imine (C=N–C) groups is 1. The molecule has 0 saturated carbocycles. The van der Waals surface area contributed by atoms with Gasteiger partial charge in [-0.15, -0.1) is 6.58 Å². The number of esters is 1. The minimum absolute atomic E-state index is 0. The number of carbonyl (C=O) groups excluding carboxylic acids is 4. The molecule has 0 aliphatic carbocycles. The summed E-state index contributed by atoms with van der Waals surface area (Å²) in [6.45, 7) is 27.6. The van der Waals surface area contributed by atoms with Gasteiger partial charge in [0.1, 0.15) is 11.9 Å². The smallest absolute Gasteiger partial charge is 0.306 e. The Balaban J connectivity index is -0.000000635. The highest BCUT2D eigenvalue weighted by molar-refractivity contribution is 6.39. The van der Waals surface area contributed by atoms with Gasteiger partial charge in [0.25, 0.3) is 0 Å². The van der Waals surface area contributed by atoms with E-state index in [-0.39, 0.29) is 25.1 Å². The van der Waals surface area contributed by atoms with Crippen molar-refractivity contribution in [1.29, 1.82) is 0 Å². The van der Waals surface area contributed by atoms with Gasteiger partial charge in [0.2, 0.25) is 0 Å². The lowest BCUT2D eigenvalue weighted by molar-refractivity contribution is -0.150. The summed E-state index contributed by atoms with van der Waals surface area (Å²) in [7, 11) is 0. The molecule has 0 aromatic rings. The van der Waals surface area contributed by atoms with Gasteiger partial charge in [0, 0.05) is 53.0 Å². The van der Waals surface area contributed by atoms with Crippen LogP contribution in [0.25, 0.3) is 0 Å². The average Bonchev–Trinajstić information content (AvgIpc) is 3.73. The number of rotatable bonds is 47. The minimum atomic E-state index is 0. The molecule has 0 bridgehead atoms. The maximum atomic E-state index is 12.6. The zero-order valence-corrected chi connectivity index (χ0v) is 49.6. The van der Waals surface area contributed by atoms with Crippen LogP contribution in [0.1, 0.15) is 294 Å². The lowest BCUT2D eigenvalue weighted by Gasteiger charge is -2.24. The van der Waals surface area contributed by atoms with E-state index in [1.807, 2.05) is 19.9 Å². The van der Waals surface area contributed by atoms with Gasteiger partial charge in [-0.1, -0.05) is 195 Å². The van der Waals surface area contributed by atoms with Crippen molar-refractivity contribution in [2.45, 2.75) is 305 Å². The van der Waals surface area contributed by atoms with Crippen molar-refractivity contribution in [3.63, 3.8) is 0 Å². The molecule has 2 atom stereocenters. The van der Waals surface area contributed by atoms with Crippen LogP contribution >= 0.6 is 0 Å². The normalized spacial score (nSPS) is 14.5. The third kappa shape index (κ3) is 56.8. The Morgan fingerprint density at radius 1 is 0.671 bits per heavy atom. The number of unbranched alkanes of at least 4 members (excludes halogenated alkanes) is 25. The van der Waals surface area contributed by atoms with Crippen molar-refractivity contribution in [1.82, 2.24) is 4.90 Å². The van der Waals surface area contributed by atoms with Crippen molar-refractivity contribution in [2.24, 2.45) is 16.6 Å². The Labute approximate surface area is 454 Å². The summed E-state index contributed by atoms with van der Waals surface area (Å²) >= 11 is 0. The van der Waals surface area contributed by atoms with Gasteiger partial charge in [0.05, 0.1) is 12.3 Å². The maximum absolute atomic E-state index is 12.6. The molecule has 1 unspecified atom stereocenters. The Bertz CT molecular complexity index is 1320. The standard InChI is InChI=1S/C38H73NO4.C13H26.C8H13NO.C5H9NO.H2/c1-5-7-9-11-14-20-26-37(27-21-15-12-10-8-6-2)43-38(41)28-22-16-13-17-24-30-42-33-36-31-34(3)32-39(36)29-23-18-19-25-35(4)40;1-3-5-7-9-11-13-12-10-8-6-4-2;1-4-6-9-8(5-2)7(3)10;1-2-5(7)3-4-6;/h34,36-37H,5-33H2,1-4H3;3H,1,4-13H2,2H3;4,6H,5H2,1-3H3;2H,1,3-4,6H2;1H/b;;6-4-,9-8?;;/t34?,36-;;;;/m0..../s1. The van der Waals surface area contributed by atoms with E-state index in [0.29, 0.717) is 43.3 Å². The molecule has 0 spiro atoms. The molecular formula is C64H123N3O6. The molecule has 73 heavy (non-hydrogen) atoms. The van der Waals surface area contributed by atoms with Crippen LogP contribution in [0, 0.1) is 5.92 Å². The quantitative estimate of drug-likeness (QED) is 0.0210. The van der Waals surface area contributed by atoms with Crippen LogP contribution in [0.3, 0.4) is 0 Å². The van der Waals surface area contributed by atoms with Crippen LogP contribution in [0.4, 0.5) is 0 Å². The fourth-order valence-corrected chi connectivity index (χ4v) is 9.02. The summed E-state index contributed by atoms with van der Waals surface area (Å²) in [5.74, 6) is 1.16. The number of carbonyl (C=O) groups is 4. The zero-order valence-electron chi connectivity index (χ0n) is 49.6. The molecular weight excluding hydrogens is 907 g/mol. The lowest BCUT2D eigenvalue weighted by Crippen LogP contribution is -2.34. The van der Waals surface area contributed by atoms with E-state index in [1.54, 1.807) is 19.2 Å². The third-order valence-corrected chi connectivity index (χ3v) is 13.5. The summed E-state index contributed by atoms with van der Waals surface area (Å²) in [5.41, 5.74) is 5.67. The molecule has 1 rings (SSSR count). The lowest BCUT2D eigenvalue weighted by atomic mass is 10.0. The van der Waals surface area contributed by atoms with Crippen molar-refractivity contribution in [3.8, 4) is 0 Å². The molecule has 0 aromatic heterocycles. The maximum Gasteiger partial charge on any atom is 0.306 e. The number of hydrogen-bond donors (Lipinski definition) is 1. The molecule has 0 radical (unpaired) electrons. The van der Waals surface area contributed by atoms with Gasteiger partial charge in [-0.05, 0) is 116 Å². The summed E-state index contributed by atoms with van der Waals surface area (Å²) in [5, 5.41) is 0. The SMILES string of the molecule is C/C=C\N=C(CC)C(C)=O.C=CC(=O)CCN.C=CCCCCCCCCCCC.CCCCCCCCC(CCCCCCCC)OC(=O)CCCCCCCOC[C@@H]1CC(C)CN1CCCCCC(C)=O.[HH]. The van der Waals surface area contributed by atoms with Crippen LogP contribution in [0.15, 0.2) is 42.6 Å². The first-order valence-electron chi connectivity index (χ1n) is 30.6. The number of allylic oxidation sites excluding steroid dienone is 3. The molecule has 1 saturated heterocycles. The van der Waals surface area contributed by atoms with Crippen LogP contribution in [-0.4, -0.2) is 78.9 Å². The Morgan fingerprint density at radius 2 is 1.16 bits per heavy atom. The highest BCUT2D eigenvalue weighted by atomic mass is 16.5. The minimum Gasteiger partial charge on any atom is -0.462 e. The van der Waals surface area contributed by atoms with Gasteiger partial charge < -0.3 is 20.0 Å². The first kappa shape index (κ1) is 74.5. The zero-order chi connectivity index (χ0) is 54.8. The molecule has 2 N–H and O–H groups in total. The van der Waals surface area contributed by atoms with E-state index in [4.69, 9.17) is 15.2 Å². The first-order valence-corrected chi connectivity index (χ1v) is 30.6. The number of nitrogens with zero attached hydrogens (tertiary/aromatic N) is 2. The van der Waals surface area contributed by atoms with E-state index in [1.165, 1.54) is 186 Å². The van der Waals surface area contributed by atoms with E-state index in [0.717, 1.165) is 77.0 Å². The second-order valence-electron chi connectivity index (χ2n) is 20.9. The third-order valence-electron chi connectivity index (χ3n) is 13.5. The van der Waals surface area contributed by atoms with Gasteiger partial charge in [-0.3, -0.25) is 24.3 Å². The molecule has 1 heterocycles. The summed E-state index contributed by atoms with van der Waals surface area (Å²) < 4.78 is 12.1. The van der Waals surface area contributed by atoms with Crippen LogP contribution in [-0.2, 0) is 28.7 Å². The van der Waals surface area contributed by atoms with Crippen LogP contribution in [0.2, 0.25) is 0 Å². The average molecular weight is 1030 g/mol. The predicted molar refractivity (Wildman–Crippen MR) is 319 cm³/mol. The monoisotopic (exact) mass is 1030 g/mol. The van der Waals surface area contributed by atoms with Crippen molar-refractivity contribution in [2.75, 3.05) is 32.8 Å². The molecule has 1 aliphatic rings. The Morgan fingerprint density at radius 3 is 1.63 bits per heavy atom. The topological polar surface area (TPSA) is 128 Å². The molecule has 9 heteroatoms. The second kappa shape index (κ2) is 60.1. The van der Waals surface area contributed by atoms with E-state index >= 15 is 0 Å². The number of likely N-dealkylation sites (tertiary alicyclic amines) is 1. The highest BCUT2D eigenvalue weighted by Gasteiger charge is 2.29. The molecule has 430 valence electrons. The fourth-order valence-electron chi connectivity index (χ4n) is 9.02. The highest BCUT2D eigenvalue weighted by Crippen LogP contribution is 2.24. The molecule has 9 nitrogen and oxygen atoms in total. The van der Waals surface area contributed by atoms with Crippen LogP contribution in [0.5, 0.6) is 0 Å². The fraction of sp³-hybridized carbons (Fsp3) is 0.828.